The number of urea groups is 1. The average molecular weight is 331 g/mol. The summed E-state index contributed by atoms with van der Waals surface area (Å²) in [4.78, 5) is 18.9. The highest BCUT2D eigenvalue weighted by molar-refractivity contribution is 5.88. The Balaban J connectivity index is 1.51. The van der Waals surface area contributed by atoms with E-state index in [0.717, 1.165) is 31.4 Å². The first-order chi connectivity index (χ1) is 11.6. The number of rotatable bonds is 3. The van der Waals surface area contributed by atoms with E-state index in [2.05, 4.69) is 20.6 Å². The topological polar surface area (TPSA) is 97.3 Å². The molecule has 1 saturated carbocycles. The molecule has 0 aromatic carbocycles. The SMILES string of the molecule is CCc1cc(NC(=O)N2C[C@@H]3CCC[C@]3(c3nc(C)no3)C2)no1. The molecule has 24 heavy (non-hydrogen) atoms. The highest BCUT2D eigenvalue weighted by atomic mass is 16.5. The van der Waals surface area contributed by atoms with Crippen LogP contribution in [0.5, 0.6) is 0 Å². The van der Waals surface area contributed by atoms with Crippen LogP contribution in [0.3, 0.4) is 0 Å². The van der Waals surface area contributed by atoms with Crippen molar-refractivity contribution in [2.45, 2.75) is 44.9 Å². The summed E-state index contributed by atoms with van der Waals surface area (Å²) in [5.41, 5.74) is -0.197. The molecule has 1 N–H and O–H groups in total. The second-order valence-corrected chi connectivity index (χ2v) is 6.73. The second-order valence-electron chi connectivity index (χ2n) is 6.73. The van der Waals surface area contributed by atoms with Crippen LogP contribution in [-0.2, 0) is 11.8 Å². The van der Waals surface area contributed by atoms with Gasteiger partial charge in [0.15, 0.2) is 11.6 Å². The van der Waals surface area contributed by atoms with Crippen molar-refractivity contribution in [1.82, 2.24) is 20.2 Å². The first-order valence-electron chi connectivity index (χ1n) is 8.43. The van der Waals surface area contributed by atoms with E-state index < -0.39 is 0 Å². The molecule has 0 spiro atoms. The molecule has 128 valence electrons. The molecular weight excluding hydrogens is 310 g/mol. The number of aryl methyl sites for hydroxylation is 2. The normalized spacial score (nSPS) is 25.9. The highest BCUT2D eigenvalue weighted by Gasteiger charge is 2.55. The molecule has 2 amide bonds. The minimum atomic E-state index is -0.197. The number of aromatic nitrogens is 3. The van der Waals surface area contributed by atoms with Crippen LogP contribution in [0.1, 0.15) is 43.7 Å². The molecule has 2 atom stereocenters. The van der Waals surface area contributed by atoms with Gasteiger partial charge in [-0.05, 0) is 25.7 Å². The molecule has 0 radical (unpaired) electrons. The standard InChI is InChI=1S/C16H21N5O3/c1-3-12-7-13(20-23-12)18-15(22)21-8-11-5-4-6-16(11,9-21)14-17-10(2)19-24-14/h7,11H,3-6,8-9H2,1-2H3,(H,18,20,22)/t11-,16-/m0/s1. The molecule has 1 saturated heterocycles. The van der Waals surface area contributed by atoms with Crippen molar-refractivity contribution in [3.8, 4) is 0 Å². The van der Waals surface area contributed by atoms with Gasteiger partial charge in [0.05, 0.1) is 5.41 Å². The van der Waals surface area contributed by atoms with Crippen LogP contribution >= 0.6 is 0 Å². The number of hydrogen-bond donors (Lipinski definition) is 1. The number of amides is 2. The molecule has 2 fully saturated rings. The maximum Gasteiger partial charge on any atom is 0.323 e. The number of carbonyl (C=O) groups excluding carboxylic acids is 1. The van der Waals surface area contributed by atoms with E-state index in [4.69, 9.17) is 9.05 Å². The summed E-state index contributed by atoms with van der Waals surface area (Å²) in [7, 11) is 0. The summed E-state index contributed by atoms with van der Waals surface area (Å²) in [5.74, 6) is 2.89. The fraction of sp³-hybridized carbons (Fsp3) is 0.625. The fourth-order valence-corrected chi connectivity index (χ4v) is 4.02. The molecule has 0 bridgehead atoms. The van der Waals surface area contributed by atoms with Gasteiger partial charge >= 0.3 is 6.03 Å². The van der Waals surface area contributed by atoms with E-state index in [-0.39, 0.29) is 11.4 Å². The number of likely N-dealkylation sites (tertiary alicyclic amines) is 1. The van der Waals surface area contributed by atoms with Gasteiger partial charge in [0, 0.05) is 25.6 Å². The number of fused-ring (bicyclic) bond motifs is 1. The molecule has 0 unspecified atom stereocenters. The molecule has 2 aliphatic rings. The Morgan fingerprint density at radius 2 is 2.33 bits per heavy atom. The van der Waals surface area contributed by atoms with Crippen molar-refractivity contribution in [2.24, 2.45) is 5.92 Å². The Kier molecular flexibility index (Phi) is 3.54. The van der Waals surface area contributed by atoms with Gasteiger partial charge in [-0.15, -0.1) is 0 Å². The van der Waals surface area contributed by atoms with E-state index in [1.807, 2.05) is 18.7 Å². The van der Waals surface area contributed by atoms with Gasteiger partial charge in [0.1, 0.15) is 5.76 Å². The third kappa shape index (κ3) is 2.37. The maximum atomic E-state index is 12.6. The molecular formula is C16H21N5O3. The Morgan fingerprint density at radius 1 is 1.46 bits per heavy atom. The summed E-state index contributed by atoms with van der Waals surface area (Å²) < 4.78 is 10.6. The molecule has 2 aromatic heterocycles. The second kappa shape index (κ2) is 5.61. The lowest BCUT2D eigenvalue weighted by atomic mass is 9.80. The number of carbonyl (C=O) groups is 1. The molecule has 1 aliphatic heterocycles. The number of nitrogens with one attached hydrogen (secondary N) is 1. The van der Waals surface area contributed by atoms with Crippen LogP contribution in [0.25, 0.3) is 0 Å². The van der Waals surface area contributed by atoms with Crippen LogP contribution in [0, 0.1) is 12.8 Å². The third-order valence-electron chi connectivity index (χ3n) is 5.25. The van der Waals surface area contributed by atoms with Gasteiger partial charge in [-0.2, -0.15) is 4.98 Å². The van der Waals surface area contributed by atoms with E-state index >= 15 is 0 Å². The van der Waals surface area contributed by atoms with Gasteiger partial charge in [0.2, 0.25) is 5.89 Å². The van der Waals surface area contributed by atoms with Gasteiger partial charge in [-0.1, -0.05) is 23.7 Å². The van der Waals surface area contributed by atoms with Crippen molar-refractivity contribution in [1.29, 1.82) is 0 Å². The van der Waals surface area contributed by atoms with Gasteiger partial charge in [-0.3, -0.25) is 5.32 Å². The van der Waals surface area contributed by atoms with Crippen molar-refractivity contribution in [2.75, 3.05) is 18.4 Å². The lowest BCUT2D eigenvalue weighted by Crippen LogP contribution is -2.37. The fourth-order valence-electron chi connectivity index (χ4n) is 4.02. The predicted octanol–water partition coefficient (Wildman–Crippen LogP) is 2.51. The summed E-state index contributed by atoms with van der Waals surface area (Å²) in [6.45, 7) is 5.10. The van der Waals surface area contributed by atoms with Crippen LogP contribution in [-0.4, -0.2) is 39.3 Å². The first-order valence-corrected chi connectivity index (χ1v) is 8.43. The van der Waals surface area contributed by atoms with E-state index in [1.54, 1.807) is 6.07 Å². The molecule has 3 heterocycles. The summed E-state index contributed by atoms with van der Waals surface area (Å²) in [6, 6.07) is 1.60. The molecule has 4 rings (SSSR count). The molecule has 8 nitrogen and oxygen atoms in total. The highest BCUT2D eigenvalue weighted by Crippen LogP contribution is 2.49. The van der Waals surface area contributed by atoms with Gasteiger partial charge in [0.25, 0.3) is 0 Å². The van der Waals surface area contributed by atoms with Crippen molar-refractivity contribution in [3.63, 3.8) is 0 Å². The molecule has 1 aliphatic carbocycles. The smallest absolute Gasteiger partial charge is 0.323 e. The van der Waals surface area contributed by atoms with Crippen LogP contribution in [0.15, 0.2) is 15.1 Å². The Labute approximate surface area is 139 Å². The Hall–Kier alpha value is -2.38. The summed E-state index contributed by atoms with van der Waals surface area (Å²) >= 11 is 0. The predicted molar refractivity (Wildman–Crippen MR) is 84.5 cm³/mol. The maximum absolute atomic E-state index is 12.6. The Bertz CT molecular complexity index is 754. The Morgan fingerprint density at radius 3 is 3.04 bits per heavy atom. The van der Waals surface area contributed by atoms with E-state index in [9.17, 15) is 4.79 Å². The van der Waals surface area contributed by atoms with Crippen molar-refractivity contribution < 1.29 is 13.8 Å². The lowest BCUT2D eigenvalue weighted by molar-refractivity contribution is 0.213. The number of hydrogen-bond acceptors (Lipinski definition) is 6. The minimum absolute atomic E-state index is 0.157. The van der Waals surface area contributed by atoms with Gasteiger partial charge in [-0.25, -0.2) is 4.79 Å². The lowest BCUT2D eigenvalue weighted by Gasteiger charge is -2.24. The van der Waals surface area contributed by atoms with Crippen LogP contribution < -0.4 is 5.32 Å². The van der Waals surface area contributed by atoms with E-state index in [1.165, 1.54) is 0 Å². The zero-order valence-electron chi connectivity index (χ0n) is 13.9. The van der Waals surface area contributed by atoms with Crippen molar-refractivity contribution in [3.05, 3.63) is 23.5 Å². The quantitative estimate of drug-likeness (QED) is 0.928. The molecule has 2 aromatic rings. The monoisotopic (exact) mass is 331 g/mol. The summed E-state index contributed by atoms with van der Waals surface area (Å²) in [6.07, 6.45) is 3.93. The van der Waals surface area contributed by atoms with Gasteiger partial charge < -0.3 is 13.9 Å². The summed E-state index contributed by atoms with van der Waals surface area (Å²) in [5, 5.41) is 10.6. The number of nitrogens with zero attached hydrogens (tertiary/aromatic N) is 4. The largest absolute Gasteiger partial charge is 0.359 e. The minimum Gasteiger partial charge on any atom is -0.359 e. The third-order valence-corrected chi connectivity index (χ3v) is 5.25. The number of anilines is 1. The van der Waals surface area contributed by atoms with E-state index in [0.29, 0.717) is 36.5 Å². The van der Waals surface area contributed by atoms with Crippen molar-refractivity contribution >= 4 is 11.8 Å². The zero-order valence-corrected chi connectivity index (χ0v) is 13.9. The van der Waals surface area contributed by atoms with Crippen LogP contribution in [0.2, 0.25) is 0 Å². The molecule has 8 heteroatoms. The zero-order chi connectivity index (χ0) is 16.7. The average Bonchev–Trinajstić information content (AvgIpc) is 3.28. The van der Waals surface area contributed by atoms with Crippen LogP contribution in [0.4, 0.5) is 10.6 Å². The first kappa shape index (κ1) is 15.2.